The standard InChI is InChI=1S/C35H53N4O10P/c1-8-27(19-33(41)48-22-47-32(40)10-9-17-36-34(42)26(7)49-50(44,45)46)28-13-16-31(39(20-23(2)3)21-24(4)5)30(18-28)38-35(43)37-29-14-11-25(6)12-15-29/h11-16,18,23-24,26-27H,8-10,17,19-22H2,1-7H3,(H,36,42)(H2,37,38,43)(H2,44,45,46)/t26-,27-/m0/s1. The average Bonchev–Trinajstić information content (AvgIpc) is 3.01. The Morgan fingerprint density at radius 2 is 1.50 bits per heavy atom. The maximum Gasteiger partial charge on any atom is 0.470 e. The molecule has 0 radical (unpaired) electrons. The van der Waals surface area contributed by atoms with Gasteiger partial charge in [-0.15, -0.1) is 0 Å². The third-order valence-corrected chi connectivity index (χ3v) is 8.02. The number of benzene rings is 2. The number of ether oxygens (including phenoxy) is 2. The molecule has 2 atom stereocenters. The van der Waals surface area contributed by atoms with Gasteiger partial charge >= 0.3 is 25.8 Å². The molecule has 5 N–H and O–H groups in total. The number of hydrogen-bond donors (Lipinski definition) is 5. The Kier molecular flexibility index (Phi) is 17.4. The van der Waals surface area contributed by atoms with Crippen molar-refractivity contribution in [3.8, 4) is 0 Å². The Balaban J connectivity index is 2.03. The summed E-state index contributed by atoms with van der Waals surface area (Å²) in [6.45, 7) is 14.7. The molecule has 14 nitrogen and oxygen atoms in total. The normalized spacial score (nSPS) is 12.6. The fourth-order valence-electron chi connectivity index (χ4n) is 5.09. The van der Waals surface area contributed by atoms with Gasteiger partial charge in [-0.2, -0.15) is 0 Å². The van der Waals surface area contributed by atoms with Gasteiger partial charge in [0.2, 0.25) is 12.7 Å². The molecule has 15 heteroatoms. The summed E-state index contributed by atoms with van der Waals surface area (Å²) in [4.78, 5) is 69.6. The number of phosphoric acid groups is 1. The highest BCUT2D eigenvalue weighted by Crippen LogP contribution is 2.37. The van der Waals surface area contributed by atoms with Crippen molar-refractivity contribution in [3.63, 3.8) is 0 Å². The summed E-state index contributed by atoms with van der Waals surface area (Å²) in [5, 5.41) is 8.33. The van der Waals surface area contributed by atoms with Gasteiger partial charge in [-0.3, -0.25) is 18.9 Å². The molecule has 0 aromatic heterocycles. The minimum absolute atomic E-state index is 0.0189. The molecule has 0 bridgehead atoms. The summed E-state index contributed by atoms with van der Waals surface area (Å²) in [6.07, 6.45) is -0.657. The predicted molar refractivity (Wildman–Crippen MR) is 192 cm³/mol. The topological polar surface area (TPSA) is 193 Å². The Labute approximate surface area is 294 Å². The van der Waals surface area contributed by atoms with E-state index in [1.165, 1.54) is 6.92 Å². The average molecular weight is 721 g/mol. The molecule has 50 heavy (non-hydrogen) atoms. The van der Waals surface area contributed by atoms with Gasteiger partial charge in [0, 0.05) is 31.7 Å². The molecule has 0 spiro atoms. The van der Waals surface area contributed by atoms with Crippen LogP contribution in [0.5, 0.6) is 0 Å². The quantitative estimate of drug-likeness (QED) is 0.0461. The first-order valence-electron chi connectivity index (χ1n) is 16.8. The van der Waals surface area contributed by atoms with E-state index in [0.717, 1.165) is 29.9 Å². The molecule has 0 aliphatic heterocycles. The molecule has 0 aliphatic rings. The second kappa shape index (κ2) is 20.6. The molecule has 2 aromatic rings. The van der Waals surface area contributed by atoms with Gasteiger partial charge in [-0.05, 0) is 74.3 Å². The lowest BCUT2D eigenvalue weighted by molar-refractivity contribution is -0.167. The number of carbonyl (C=O) groups excluding carboxylic acids is 4. The Bertz CT molecular complexity index is 1450. The van der Waals surface area contributed by atoms with Crippen molar-refractivity contribution in [3.05, 3.63) is 53.6 Å². The molecule has 0 saturated carbocycles. The fourth-order valence-corrected chi connectivity index (χ4v) is 5.60. The minimum Gasteiger partial charge on any atom is -0.428 e. The summed E-state index contributed by atoms with van der Waals surface area (Å²) in [7, 11) is -4.81. The number of esters is 2. The molecule has 0 aliphatic carbocycles. The third kappa shape index (κ3) is 16.2. The number of amides is 3. The van der Waals surface area contributed by atoms with Crippen molar-refractivity contribution in [2.45, 2.75) is 86.2 Å². The third-order valence-electron chi connectivity index (χ3n) is 7.43. The van der Waals surface area contributed by atoms with Crippen LogP contribution in [-0.4, -0.2) is 66.2 Å². The summed E-state index contributed by atoms with van der Waals surface area (Å²) >= 11 is 0. The van der Waals surface area contributed by atoms with E-state index in [4.69, 9.17) is 19.3 Å². The highest BCUT2D eigenvalue weighted by molar-refractivity contribution is 7.46. The van der Waals surface area contributed by atoms with E-state index in [1.807, 2.05) is 56.3 Å². The van der Waals surface area contributed by atoms with E-state index in [-0.39, 0.29) is 37.8 Å². The molecule has 0 fully saturated rings. The number of nitrogens with zero attached hydrogens (tertiary/aromatic N) is 1. The number of nitrogens with one attached hydrogen (secondary N) is 3. The van der Waals surface area contributed by atoms with E-state index >= 15 is 0 Å². The summed E-state index contributed by atoms with van der Waals surface area (Å²) < 4.78 is 25.3. The zero-order valence-corrected chi connectivity index (χ0v) is 31.0. The highest BCUT2D eigenvalue weighted by Gasteiger charge is 2.24. The van der Waals surface area contributed by atoms with Gasteiger partial charge in [0.05, 0.1) is 17.8 Å². The maximum absolute atomic E-state index is 13.2. The van der Waals surface area contributed by atoms with Gasteiger partial charge in [0.1, 0.15) is 6.10 Å². The van der Waals surface area contributed by atoms with Gasteiger partial charge in [-0.1, -0.05) is 58.4 Å². The molecule has 278 valence electrons. The Morgan fingerprint density at radius 1 is 0.880 bits per heavy atom. The van der Waals surface area contributed by atoms with Crippen LogP contribution in [0, 0.1) is 18.8 Å². The summed E-state index contributed by atoms with van der Waals surface area (Å²) in [5.74, 6) is -1.44. The largest absolute Gasteiger partial charge is 0.470 e. The molecule has 0 heterocycles. The number of hydrogen-bond acceptors (Lipinski definition) is 9. The van der Waals surface area contributed by atoms with Crippen LogP contribution in [0.2, 0.25) is 0 Å². The van der Waals surface area contributed by atoms with Crippen molar-refractivity contribution in [2.24, 2.45) is 11.8 Å². The van der Waals surface area contributed by atoms with Crippen molar-refractivity contribution < 1.29 is 47.5 Å². The number of rotatable bonds is 20. The van der Waals surface area contributed by atoms with E-state index in [2.05, 4.69) is 53.1 Å². The molecular formula is C35H53N4O10P. The molecule has 3 amide bonds. The van der Waals surface area contributed by atoms with Gasteiger partial charge < -0.3 is 40.1 Å². The van der Waals surface area contributed by atoms with Crippen LogP contribution < -0.4 is 20.9 Å². The first-order chi connectivity index (χ1) is 23.5. The first-order valence-corrected chi connectivity index (χ1v) is 18.4. The number of carbonyl (C=O) groups is 4. The van der Waals surface area contributed by atoms with Crippen LogP contribution >= 0.6 is 7.82 Å². The predicted octanol–water partition coefficient (Wildman–Crippen LogP) is 6.08. The van der Waals surface area contributed by atoms with E-state index in [1.54, 1.807) is 0 Å². The SMILES string of the molecule is CC[C@@H](CC(=O)OCOC(=O)CCCNC(=O)[C@H](C)OP(=O)(O)O)c1ccc(N(CC(C)C)CC(C)C)c(NC(=O)Nc2ccc(C)cc2)c1. The molecule has 2 aromatic carbocycles. The highest BCUT2D eigenvalue weighted by atomic mass is 31.2. The van der Waals surface area contributed by atoms with Crippen molar-refractivity contribution in [1.82, 2.24) is 5.32 Å². The number of aryl methyl sites for hydroxylation is 1. The number of anilines is 3. The molecule has 0 unspecified atom stereocenters. The zero-order valence-electron chi connectivity index (χ0n) is 30.1. The number of urea groups is 1. The van der Waals surface area contributed by atoms with Gasteiger partial charge in [0.15, 0.2) is 0 Å². The van der Waals surface area contributed by atoms with E-state index in [9.17, 15) is 23.7 Å². The van der Waals surface area contributed by atoms with Crippen LogP contribution in [-0.2, 0) is 32.9 Å². The molecular weight excluding hydrogens is 667 g/mol. The van der Waals surface area contributed by atoms with E-state index < -0.39 is 38.6 Å². The van der Waals surface area contributed by atoms with Crippen LogP contribution in [0.4, 0.5) is 21.9 Å². The van der Waals surface area contributed by atoms with Crippen LogP contribution in [0.25, 0.3) is 0 Å². The summed E-state index contributed by atoms with van der Waals surface area (Å²) in [6, 6.07) is 13.0. The lowest BCUT2D eigenvalue weighted by atomic mass is 9.92. The Hall–Kier alpha value is -3.97. The lowest BCUT2D eigenvalue weighted by Crippen LogP contribution is -2.34. The van der Waals surface area contributed by atoms with Crippen molar-refractivity contribution >= 4 is 48.8 Å². The number of phosphoric ester groups is 1. The smallest absolute Gasteiger partial charge is 0.428 e. The summed E-state index contributed by atoms with van der Waals surface area (Å²) in [5.41, 5.74) is 4.08. The zero-order chi connectivity index (χ0) is 37.4. The monoisotopic (exact) mass is 720 g/mol. The second-order valence-electron chi connectivity index (χ2n) is 13.0. The maximum atomic E-state index is 13.2. The molecule has 2 rings (SSSR count). The fraction of sp³-hybridized carbons (Fsp3) is 0.543. The first kappa shape index (κ1) is 42.2. The lowest BCUT2D eigenvalue weighted by Gasteiger charge is -2.31. The van der Waals surface area contributed by atoms with Crippen LogP contribution in [0.15, 0.2) is 42.5 Å². The van der Waals surface area contributed by atoms with Crippen molar-refractivity contribution in [2.75, 3.05) is 42.0 Å². The van der Waals surface area contributed by atoms with Gasteiger partial charge in [-0.25, -0.2) is 9.36 Å². The van der Waals surface area contributed by atoms with E-state index in [0.29, 0.717) is 29.6 Å². The van der Waals surface area contributed by atoms with Gasteiger partial charge in [0.25, 0.3) is 0 Å². The second-order valence-corrected chi connectivity index (χ2v) is 14.2. The van der Waals surface area contributed by atoms with Crippen molar-refractivity contribution in [1.29, 1.82) is 0 Å². The van der Waals surface area contributed by atoms with Crippen LogP contribution in [0.3, 0.4) is 0 Å². The Morgan fingerprint density at radius 3 is 2.08 bits per heavy atom. The van der Waals surface area contributed by atoms with Crippen LogP contribution in [0.1, 0.15) is 84.3 Å². The minimum atomic E-state index is -4.81. The molecule has 0 saturated heterocycles.